The Bertz CT molecular complexity index is 1310. The fourth-order valence-electron chi connectivity index (χ4n) is 4.40. The first kappa shape index (κ1) is 33.7. The Hall–Kier alpha value is -4.48. The Morgan fingerprint density at radius 3 is 2.02 bits per heavy atom. The van der Waals surface area contributed by atoms with E-state index in [1.54, 1.807) is 13.8 Å². The zero-order valence-electron chi connectivity index (χ0n) is 24.6. The molecule has 0 aliphatic heterocycles. The van der Waals surface area contributed by atoms with Gasteiger partial charge in [-0.25, -0.2) is 4.79 Å². The topological polar surface area (TPSA) is 197 Å². The number of ketones is 1. The molecule has 12 nitrogen and oxygen atoms in total. The van der Waals surface area contributed by atoms with Crippen LogP contribution in [-0.4, -0.2) is 64.8 Å². The lowest BCUT2D eigenvalue weighted by Crippen LogP contribution is -2.58. The van der Waals surface area contributed by atoms with Crippen molar-refractivity contribution in [1.82, 2.24) is 21.3 Å². The maximum Gasteiger partial charge on any atom is 0.405 e. The number of nitrogens with one attached hydrogen (secondary N) is 4. The van der Waals surface area contributed by atoms with Crippen LogP contribution >= 0.6 is 0 Å². The summed E-state index contributed by atoms with van der Waals surface area (Å²) >= 11 is 0. The Labute approximate surface area is 245 Å². The van der Waals surface area contributed by atoms with Gasteiger partial charge in [-0.2, -0.15) is 0 Å². The van der Waals surface area contributed by atoms with E-state index in [0.717, 1.165) is 16.3 Å². The number of fused-ring (bicyclic) bond motifs is 1. The molecule has 0 bridgehead atoms. The summed E-state index contributed by atoms with van der Waals surface area (Å²) in [7, 11) is 0. The Morgan fingerprint density at radius 1 is 0.810 bits per heavy atom. The van der Waals surface area contributed by atoms with E-state index in [1.165, 1.54) is 6.92 Å². The van der Waals surface area contributed by atoms with Gasteiger partial charge in [0.25, 0.3) is 5.91 Å². The number of amides is 5. The summed E-state index contributed by atoms with van der Waals surface area (Å²) in [6.07, 6.45) is -0.663. The largest absolute Gasteiger partial charge is 0.465 e. The second kappa shape index (κ2) is 15.5. The van der Waals surface area contributed by atoms with Gasteiger partial charge < -0.3 is 32.1 Å². The molecule has 2 rings (SSSR count). The van der Waals surface area contributed by atoms with Crippen LogP contribution in [0.15, 0.2) is 42.5 Å². The summed E-state index contributed by atoms with van der Waals surface area (Å²) in [6.45, 7) is 8.41. The van der Waals surface area contributed by atoms with Gasteiger partial charge in [0.15, 0.2) is 0 Å². The first-order chi connectivity index (χ1) is 19.7. The van der Waals surface area contributed by atoms with E-state index in [-0.39, 0.29) is 18.8 Å². The van der Waals surface area contributed by atoms with Crippen LogP contribution in [0.25, 0.3) is 10.8 Å². The molecule has 2 aromatic rings. The van der Waals surface area contributed by atoms with Crippen molar-refractivity contribution in [3.8, 4) is 0 Å². The predicted octanol–water partition coefficient (Wildman–Crippen LogP) is 1.64. The molecule has 0 aliphatic rings. The molecule has 2 aromatic carbocycles. The summed E-state index contributed by atoms with van der Waals surface area (Å²) in [6, 6.07) is 8.63. The molecule has 5 amide bonds. The van der Waals surface area contributed by atoms with Crippen molar-refractivity contribution in [2.75, 3.05) is 0 Å². The zero-order valence-corrected chi connectivity index (χ0v) is 24.6. The van der Waals surface area contributed by atoms with Crippen molar-refractivity contribution in [1.29, 1.82) is 0 Å². The summed E-state index contributed by atoms with van der Waals surface area (Å²) < 4.78 is 0. The number of carbonyl (C=O) groups is 6. The number of hydrogen-bond donors (Lipinski definition) is 6. The van der Waals surface area contributed by atoms with Crippen LogP contribution in [0.5, 0.6) is 0 Å². The molecule has 7 N–H and O–H groups in total. The molecule has 0 fully saturated rings. The molecule has 5 atom stereocenters. The van der Waals surface area contributed by atoms with Crippen molar-refractivity contribution in [2.24, 2.45) is 17.6 Å². The van der Waals surface area contributed by atoms with Crippen LogP contribution in [-0.2, 0) is 30.4 Å². The molecule has 0 spiro atoms. The number of hydrogen-bond acceptors (Lipinski definition) is 6. The Balaban J connectivity index is 2.08. The molecule has 0 radical (unpaired) electrons. The maximum atomic E-state index is 13.1. The Morgan fingerprint density at radius 2 is 1.45 bits per heavy atom. The second-order valence-corrected chi connectivity index (χ2v) is 10.9. The van der Waals surface area contributed by atoms with Crippen molar-refractivity contribution in [2.45, 2.75) is 78.0 Å². The van der Waals surface area contributed by atoms with Crippen LogP contribution in [0.2, 0.25) is 0 Å². The number of Topliss-reactive ketones (excluding diaryl/α,β-unsaturated/α-hetero) is 1. The van der Waals surface area contributed by atoms with Crippen molar-refractivity contribution < 1.29 is 33.9 Å². The summed E-state index contributed by atoms with van der Waals surface area (Å²) in [5, 5.41) is 20.6. The van der Waals surface area contributed by atoms with Gasteiger partial charge >= 0.3 is 6.09 Å². The summed E-state index contributed by atoms with van der Waals surface area (Å²) in [5.41, 5.74) is 6.31. The van der Waals surface area contributed by atoms with E-state index < -0.39 is 65.6 Å². The third-order valence-electron chi connectivity index (χ3n) is 6.99. The highest BCUT2D eigenvalue weighted by molar-refractivity contribution is 6.39. The fraction of sp³-hybridized carbons (Fsp3) is 0.467. The molecule has 42 heavy (non-hydrogen) atoms. The Kier molecular flexibility index (Phi) is 12.4. The van der Waals surface area contributed by atoms with Gasteiger partial charge in [-0.15, -0.1) is 0 Å². The number of nitrogens with two attached hydrogens (primary N) is 1. The molecule has 0 saturated carbocycles. The van der Waals surface area contributed by atoms with E-state index in [4.69, 9.17) is 10.8 Å². The van der Waals surface area contributed by atoms with Gasteiger partial charge in [0.05, 0.1) is 6.04 Å². The number of carbonyl (C=O) groups excluding carboxylic acids is 5. The average Bonchev–Trinajstić information content (AvgIpc) is 2.93. The van der Waals surface area contributed by atoms with E-state index >= 15 is 0 Å². The quantitative estimate of drug-likeness (QED) is 0.171. The predicted molar refractivity (Wildman–Crippen MR) is 157 cm³/mol. The SMILES string of the molecule is CC[C@H](C)C(NC(=O)[C@H](CC(C)C)NC(=O)O)C(=O)C(=O)NC(C)C(=O)NC(Cc1ccc2ccccc2c1)C(N)=O. The lowest BCUT2D eigenvalue weighted by Gasteiger charge is -2.26. The molecule has 3 unspecified atom stereocenters. The minimum absolute atomic E-state index is 0.0292. The molecule has 0 saturated heterocycles. The molecule has 12 heteroatoms. The van der Waals surface area contributed by atoms with Crippen molar-refractivity contribution in [3.05, 3.63) is 48.0 Å². The van der Waals surface area contributed by atoms with Gasteiger partial charge in [-0.3, -0.25) is 24.0 Å². The number of benzene rings is 2. The van der Waals surface area contributed by atoms with Gasteiger partial charge in [0, 0.05) is 6.42 Å². The van der Waals surface area contributed by atoms with Crippen LogP contribution in [0.1, 0.15) is 53.0 Å². The fourth-order valence-corrected chi connectivity index (χ4v) is 4.40. The van der Waals surface area contributed by atoms with Crippen molar-refractivity contribution in [3.63, 3.8) is 0 Å². The number of carboxylic acid groups (broad SMARTS) is 1. The van der Waals surface area contributed by atoms with E-state index in [2.05, 4.69) is 21.3 Å². The molecular weight excluding hydrogens is 542 g/mol. The smallest absolute Gasteiger partial charge is 0.405 e. The monoisotopic (exact) mass is 583 g/mol. The molecule has 228 valence electrons. The van der Waals surface area contributed by atoms with Crippen LogP contribution in [0.3, 0.4) is 0 Å². The summed E-state index contributed by atoms with van der Waals surface area (Å²) in [5.74, 6) is -4.83. The molecule has 0 aliphatic carbocycles. The van der Waals surface area contributed by atoms with Crippen molar-refractivity contribution >= 4 is 46.3 Å². The molecular formula is C30H41N5O7. The minimum Gasteiger partial charge on any atom is -0.465 e. The molecule has 0 aromatic heterocycles. The standard InChI is InChI=1S/C30H41N5O7/c1-6-17(4)24(35-28(39)23(13-16(2)3)34-30(41)42)25(36)29(40)32-18(5)27(38)33-22(26(31)37)15-19-11-12-20-9-7-8-10-21(20)14-19/h7-12,14,16-18,22-24,34H,6,13,15H2,1-5H3,(H2,31,37)(H,32,40)(H,33,38)(H,35,39)(H,41,42)/t17-,18?,22?,23-,24?/m0/s1. The highest BCUT2D eigenvalue weighted by Crippen LogP contribution is 2.17. The van der Waals surface area contributed by atoms with Gasteiger partial charge in [-0.05, 0) is 41.5 Å². The zero-order chi connectivity index (χ0) is 31.6. The second-order valence-electron chi connectivity index (χ2n) is 10.9. The van der Waals surface area contributed by atoms with Gasteiger partial charge in [0.1, 0.15) is 18.1 Å². The van der Waals surface area contributed by atoms with E-state index in [0.29, 0.717) is 6.42 Å². The number of primary amides is 1. The minimum atomic E-state index is -1.39. The lowest BCUT2D eigenvalue weighted by molar-refractivity contribution is -0.142. The highest BCUT2D eigenvalue weighted by atomic mass is 16.4. The first-order valence-corrected chi connectivity index (χ1v) is 13.9. The van der Waals surface area contributed by atoms with Crippen LogP contribution in [0, 0.1) is 11.8 Å². The first-order valence-electron chi connectivity index (χ1n) is 13.9. The maximum absolute atomic E-state index is 13.1. The van der Waals surface area contributed by atoms with Gasteiger partial charge in [0.2, 0.25) is 23.5 Å². The third kappa shape index (κ3) is 9.86. The van der Waals surface area contributed by atoms with E-state index in [9.17, 15) is 28.8 Å². The average molecular weight is 584 g/mol. The number of rotatable bonds is 15. The molecule has 0 heterocycles. The third-order valence-corrected chi connectivity index (χ3v) is 6.99. The highest BCUT2D eigenvalue weighted by Gasteiger charge is 2.34. The van der Waals surface area contributed by atoms with Crippen LogP contribution < -0.4 is 27.0 Å². The normalized spacial score (nSPS) is 14.6. The van der Waals surface area contributed by atoms with E-state index in [1.807, 2.05) is 56.3 Å². The lowest BCUT2D eigenvalue weighted by atomic mass is 9.93. The summed E-state index contributed by atoms with van der Waals surface area (Å²) in [4.78, 5) is 75.0. The van der Waals surface area contributed by atoms with Gasteiger partial charge in [-0.1, -0.05) is 76.6 Å². The van der Waals surface area contributed by atoms with Crippen LogP contribution in [0.4, 0.5) is 4.79 Å².